The third kappa shape index (κ3) is 5.98. The number of hydrogen-bond donors (Lipinski definition) is 1. The van der Waals surface area contributed by atoms with E-state index in [4.69, 9.17) is 0 Å². The molecule has 5 heteroatoms. The molecule has 5 nitrogen and oxygen atoms in total. The normalized spacial score (nSPS) is 13.9. The van der Waals surface area contributed by atoms with E-state index in [-0.39, 0.29) is 11.8 Å². The van der Waals surface area contributed by atoms with E-state index >= 15 is 0 Å². The van der Waals surface area contributed by atoms with Crippen molar-refractivity contribution in [2.24, 2.45) is 0 Å². The molecule has 1 fully saturated rings. The number of hydrogen-bond acceptors (Lipinski definition) is 4. The summed E-state index contributed by atoms with van der Waals surface area (Å²) in [6.07, 6.45) is 5.40. The highest BCUT2D eigenvalue weighted by atomic mass is 16.1. The number of carbonyl (C=O) groups is 1. The fourth-order valence-electron chi connectivity index (χ4n) is 4.87. The minimum Gasteiger partial charge on any atom is -0.355 e. The Morgan fingerprint density at radius 3 is 1.89 bits per heavy atom. The molecule has 182 valence electrons. The van der Waals surface area contributed by atoms with Gasteiger partial charge in [-0.3, -0.25) is 4.79 Å². The lowest BCUT2D eigenvalue weighted by molar-refractivity contribution is -0.116. The number of benzene rings is 3. The maximum Gasteiger partial charge on any atom is 0.225 e. The van der Waals surface area contributed by atoms with E-state index < -0.39 is 0 Å². The largest absolute Gasteiger partial charge is 0.355 e. The van der Waals surface area contributed by atoms with Gasteiger partial charge in [0.15, 0.2) is 5.82 Å². The molecule has 1 saturated heterocycles. The van der Waals surface area contributed by atoms with E-state index in [1.807, 2.05) is 66.7 Å². The van der Waals surface area contributed by atoms with E-state index in [2.05, 4.69) is 50.7 Å². The van der Waals surface area contributed by atoms with Gasteiger partial charge < -0.3 is 10.2 Å². The van der Waals surface area contributed by atoms with Gasteiger partial charge in [-0.25, -0.2) is 0 Å². The Morgan fingerprint density at radius 2 is 1.33 bits per heavy atom. The summed E-state index contributed by atoms with van der Waals surface area (Å²) >= 11 is 0. The summed E-state index contributed by atoms with van der Waals surface area (Å²) in [7, 11) is 0. The first-order valence-corrected chi connectivity index (χ1v) is 12.8. The smallest absolute Gasteiger partial charge is 0.225 e. The van der Waals surface area contributed by atoms with Crippen molar-refractivity contribution in [3.05, 3.63) is 108 Å². The van der Waals surface area contributed by atoms with Gasteiger partial charge in [0.1, 0.15) is 0 Å². The first-order valence-electron chi connectivity index (χ1n) is 12.8. The van der Waals surface area contributed by atoms with Crippen LogP contribution in [0.3, 0.4) is 0 Å². The van der Waals surface area contributed by atoms with Gasteiger partial charge in [-0.15, -0.1) is 10.2 Å². The van der Waals surface area contributed by atoms with E-state index in [1.54, 1.807) is 0 Å². The Balaban J connectivity index is 1.24. The Bertz CT molecular complexity index is 1190. The van der Waals surface area contributed by atoms with E-state index in [0.717, 1.165) is 47.0 Å². The summed E-state index contributed by atoms with van der Waals surface area (Å²) in [4.78, 5) is 15.3. The first kappa shape index (κ1) is 23.7. The van der Waals surface area contributed by atoms with Gasteiger partial charge in [0.25, 0.3) is 0 Å². The lowest BCUT2D eigenvalue weighted by atomic mass is 9.88. The Labute approximate surface area is 213 Å². The molecule has 1 amide bonds. The molecule has 0 aliphatic carbocycles. The van der Waals surface area contributed by atoms with Crippen LogP contribution in [0.4, 0.5) is 11.5 Å². The summed E-state index contributed by atoms with van der Waals surface area (Å²) in [5.74, 6) is 0.947. The second kappa shape index (κ2) is 11.6. The third-order valence-corrected chi connectivity index (χ3v) is 6.84. The van der Waals surface area contributed by atoms with Crippen molar-refractivity contribution < 1.29 is 4.79 Å². The van der Waals surface area contributed by atoms with Gasteiger partial charge in [0.2, 0.25) is 5.91 Å². The molecule has 1 N–H and O–H groups in total. The van der Waals surface area contributed by atoms with Crippen LogP contribution in [-0.2, 0) is 4.79 Å². The van der Waals surface area contributed by atoms with Crippen molar-refractivity contribution in [2.45, 2.75) is 38.0 Å². The van der Waals surface area contributed by atoms with Crippen LogP contribution in [0.25, 0.3) is 11.3 Å². The van der Waals surface area contributed by atoms with Crippen LogP contribution in [0.2, 0.25) is 0 Å². The van der Waals surface area contributed by atoms with Crippen LogP contribution in [0.1, 0.15) is 49.1 Å². The van der Waals surface area contributed by atoms with E-state index in [0.29, 0.717) is 6.42 Å². The monoisotopic (exact) mass is 476 g/mol. The van der Waals surface area contributed by atoms with Crippen LogP contribution in [0, 0.1) is 0 Å². The second-order valence-electron chi connectivity index (χ2n) is 9.38. The highest BCUT2D eigenvalue weighted by Gasteiger charge is 2.18. The standard InChI is InChI=1S/C31H32N4O/c36-31(23-28(24-11-5-3-6-12-24)25-13-7-4-8-14-25)32-27-17-15-26(16-18-27)29-19-20-30(34-33-29)35-21-9-1-2-10-22-35/h3-8,11-20,28H,1-2,9-10,21-23H2,(H,32,36). The zero-order valence-electron chi connectivity index (χ0n) is 20.5. The van der Waals surface area contributed by atoms with Gasteiger partial charge in [-0.05, 0) is 48.2 Å². The molecule has 36 heavy (non-hydrogen) atoms. The summed E-state index contributed by atoms with van der Waals surface area (Å²) in [6.45, 7) is 2.11. The molecule has 4 aromatic rings. The molecule has 1 aliphatic rings. The Morgan fingerprint density at radius 1 is 0.722 bits per heavy atom. The molecule has 2 heterocycles. The fraction of sp³-hybridized carbons (Fsp3) is 0.258. The molecule has 1 aromatic heterocycles. The molecular formula is C31H32N4O. The maximum atomic E-state index is 13.0. The van der Waals surface area contributed by atoms with Crippen molar-refractivity contribution >= 4 is 17.4 Å². The number of amides is 1. The lowest BCUT2D eigenvalue weighted by Gasteiger charge is -2.20. The minimum absolute atomic E-state index is 0.00432. The predicted molar refractivity (Wildman–Crippen MR) is 146 cm³/mol. The van der Waals surface area contributed by atoms with Crippen LogP contribution in [-0.4, -0.2) is 29.2 Å². The van der Waals surface area contributed by atoms with Crippen LogP contribution in [0.15, 0.2) is 97.1 Å². The summed E-state index contributed by atoms with van der Waals surface area (Å²) in [6, 6.07) is 32.3. The van der Waals surface area contributed by atoms with Crippen molar-refractivity contribution in [3.63, 3.8) is 0 Å². The number of nitrogens with one attached hydrogen (secondary N) is 1. The molecule has 1 aliphatic heterocycles. The van der Waals surface area contributed by atoms with Crippen molar-refractivity contribution in [3.8, 4) is 11.3 Å². The zero-order chi connectivity index (χ0) is 24.6. The van der Waals surface area contributed by atoms with Gasteiger partial charge in [0.05, 0.1) is 5.69 Å². The van der Waals surface area contributed by atoms with Crippen LogP contribution >= 0.6 is 0 Å². The highest BCUT2D eigenvalue weighted by molar-refractivity contribution is 5.91. The number of anilines is 2. The molecular weight excluding hydrogens is 444 g/mol. The second-order valence-corrected chi connectivity index (χ2v) is 9.38. The van der Waals surface area contributed by atoms with Crippen LogP contribution in [0.5, 0.6) is 0 Å². The summed E-state index contributed by atoms with van der Waals surface area (Å²) in [5.41, 5.74) is 4.86. The highest BCUT2D eigenvalue weighted by Crippen LogP contribution is 2.29. The predicted octanol–water partition coefficient (Wildman–Crippen LogP) is 6.68. The Hall–Kier alpha value is -3.99. The SMILES string of the molecule is O=C(CC(c1ccccc1)c1ccccc1)Nc1ccc(-c2ccc(N3CCCCCC3)nn2)cc1. The lowest BCUT2D eigenvalue weighted by Crippen LogP contribution is -2.25. The summed E-state index contributed by atoms with van der Waals surface area (Å²) < 4.78 is 0. The number of nitrogens with zero attached hydrogens (tertiary/aromatic N) is 3. The molecule has 5 rings (SSSR count). The third-order valence-electron chi connectivity index (χ3n) is 6.84. The molecule has 3 aromatic carbocycles. The van der Waals surface area contributed by atoms with Gasteiger partial charge in [0, 0.05) is 36.7 Å². The first-order chi connectivity index (χ1) is 17.8. The van der Waals surface area contributed by atoms with Crippen molar-refractivity contribution in [1.82, 2.24) is 10.2 Å². The minimum atomic E-state index is -0.0120. The maximum absolute atomic E-state index is 13.0. The van der Waals surface area contributed by atoms with E-state index in [1.165, 1.54) is 25.7 Å². The van der Waals surface area contributed by atoms with Gasteiger partial charge in [-0.2, -0.15) is 0 Å². The average Bonchev–Trinajstić information content (AvgIpc) is 3.23. The quantitative estimate of drug-likeness (QED) is 0.323. The van der Waals surface area contributed by atoms with Gasteiger partial charge in [-0.1, -0.05) is 85.6 Å². The van der Waals surface area contributed by atoms with Gasteiger partial charge >= 0.3 is 0 Å². The molecule has 0 spiro atoms. The fourth-order valence-corrected chi connectivity index (χ4v) is 4.87. The van der Waals surface area contributed by atoms with Crippen LogP contribution < -0.4 is 10.2 Å². The van der Waals surface area contributed by atoms with Crippen molar-refractivity contribution in [1.29, 1.82) is 0 Å². The Kier molecular flexibility index (Phi) is 7.67. The molecule has 0 bridgehead atoms. The molecule has 0 radical (unpaired) electrons. The summed E-state index contributed by atoms with van der Waals surface area (Å²) in [5, 5.41) is 12.0. The molecule has 0 saturated carbocycles. The van der Waals surface area contributed by atoms with E-state index in [9.17, 15) is 4.79 Å². The van der Waals surface area contributed by atoms with Crippen molar-refractivity contribution in [2.75, 3.05) is 23.3 Å². The molecule has 0 unspecified atom stereocenters. The topological polar surface area (TPSA) is 58.1 Å². The number of aromatic nitrogens is 2. The number of carbonyl (C=O) groups excluding carboxylic acids is 1. The zero-order valence-corrected chi connectivity index (χ0v) is 20.5. The number of rotatable bonds is 7. The molecule has 0 atom stereocenters. The average molecular weight is 477 g/mol.